The Bertz CT molecular complexity index is 579. The minimum Gasteiger partial charge on any atom is -0.465 e. The van der Waals surface area contributed by atoms with Crippen molar-refractivity contribution < 1.29 is 36.5 Å². The summed E-state index contributed by atoms with van der Waals surface area (Å²) in [4.78, 5) is 26.0. The standard InChI is InChI=1S/C19H42O8Si4/c1-12-14-23-19(22)17(16(2)18(21)24-15-13-20)31(25-28(3,4)5,26-29(6,7)8)27-30(9,10)11/h17,20H,2,12-15H2,1,3-11H3. The first-order valence-corrected chi connectivity index (χ1v) is 22.6. The molecule has 1 atom stereocenters. The van der Waals surface area contributed by atoms with Gasteiger partial charge in [0, 0.05) is 5.57 Å². The smallest absolute Gasteiger partial charge is 0.465 e. The van der Waals surface area contributed by atoms with Crippen LogP contribution in [-0.2, 0) is 31.4 Å². The van der Waals surface area contributed by atoms with E-state index in [1.54, 1.807) is 0 Å². The molecular formula is C19H42O8Si4. The Balaban J connectivity index is 6.77. The first kappa shape index (κ1) is 30.4. The zero-order valence-electron chi connectivity index (χ0n) is 20.9. The molecule has 1 N–H and O–H groups in total. The van der Waals surface area contributed by atoms with Crippen LogP contribution >= 0.6 is 0 Å². The van der Waals surface area contributed by atoms with Gasteiger partial charge >= 0.3 is 20.7 Å². The predicted molar refractivity (Wildman–Crippen MR) is 131 cm³/mol. The second-order valence-corrected chi connectivity index (χ2v) is 27.1. The molecule has 0 amide bonds. The van der Waals surface area contributed by atoms with Crippen LogP contribution in [0.25, 0.3) is 0 Å². The van der Waals surface area contributed by atoms with E-state index in [2.05, 4.69) is 6.58 Å². The highest BCUT2D eigenvalue weighted by atomic mass is 28.5. The van der Waals surface area contributed by atoms with Crippen LogP contribution < -0.4 is 0 Å². The molecule has 0 fully saturated rings. The third-order valence-corrected chi connectivity index (χ3v) is 15.4. The normalized spacial score (nSPS) is 14.2. The van der Waals surface area contributed by atoms with Gasteiger partial charge in [-0.15, -0.1) is 0 Å². The Labute approximate surface area is 192 Å². The van der Waals surface area contributed by atoms with Crippen molar-refractivity contribution in [2.24, 2.45) is 0 Å². The van der Waals surface area contributed by atoms with Crippen LogP contribution in [0.5, 0.6) is 0 Å². The fourth-order valence-electron chi connectivity index (χ4n) is 2.65. The molecule has 0 aliphatic carbocycles. The number of hydrogen-bond acceptors (Lipinski definition) is 8. The second-order valence-electron chi connectivity index (χ2n) is 10.2. The SMILES string of the molecule is C=C(C(=O)OCCO)C(C(=O)OCCC)[Si](O[Si](C)(C)C)(O[Si](C)(C)C)O[Si](C)(C)C. The molecule has 0 aromatic carbocycles. The lowest BCUT2D eigenvalue weighted by Gasteiger charge is -2.45. The molecule has 0 radical (unpaired) electrons. The van der Waals surface area contributed by atoms with Gasteiger partial charge in [-0.1, -0.05) is 13.5 Å². The molecule has 31 heavy (non-hydrogen) atoms. The number of carbonyl (C=O) groups excluding carboxylic acids is 2. The maximum Gasteiger partial charge on any atom is 0.489 e. The second kappa shape index (κ2) is 12.0. The summed E-state index contributed by atoms with van der Waals surface area (Å²) in [7, 11) is -10.8. The Morgan fingerprint density at radius 3 is 1.55 bits per heavy atom. The quantitative estimate of drug-likeness (QED) is 0.213. The fraction of sp³-hybridized carbons (Fsp3) is 0.789. The summed E-state index contributed by atoms with van der Waals surface area (Å²) in [5.41, 5.74) is -1.37. The van der Waals surface area contributed by atoms with E-state index >= 15 is 0 Å². The molecule has 0 saturated heterocycles. The predicted octanol–water partition coefficient (Wildman–Crippen LogP) is 3.89. The van der Waals surface area contributed by atoms with E-state index in [0.29, 0.717) is 6.42 Å². The topological polar surface area (TPSA) is 101 Å². The first-order chi connectivity index (χ1) is 13.9. The Hall–Kier alpha value is -0.612. The summed E-state index contributed by atoms with van der Waals surface area (Å²) in [6, 6.07) is 0. The van der Waals surface area contributed by atoms with Crippen LogP contribution in [0.1, 0.15) is 13.3 Å². The molecule has 1 unspecified atom stereocenters. The highest BCUT2D eigenvalue weighted by Crippen LogP contribution is 2.40. The van der Waals surface area contributed by atoms with Gasteiger partial charge in [-0.3, -0.25) is 4.79 Å². The molecule has 182 valence electrons. The van der Waals surface area contributed by atoms with Crippen molar-refractivity contribution in [2.75, 3.05) is 19.8 Å². The van der Waals surface area contributed by atoms with E-state index in [9.17, 15) is 9.59 Å². The van der Waals surface area contributed by atoms with E-state index in [-0.39, 0.29) is 25.4 Å². The summed E-state index contributed by atoms with van der Waals surface area (Å²) in [5.74, 6) is -1.46. The van der Waals surface area contributed by atoms with Gasteiger partial charge in [-0.2, -0.15) is 0 Å². The Morgan fingerprint density at radius 1 is 0.806 bits per heavy atom. The molecule has 8 nitrogen and oxygen atoms in total. The van der Waals surface area contributed by atoms with E-state index in [1.165, 1.54) is 0 Å². The molecule has 0 heterocycles. The molecule has 0 aromatic heterocycles. The monoisotopic (exact) mass is 510 g/mol. The number of esters is 2. The fourth-order valence-corrected chi connectivity index (χ4v) is 16.9. The van der Waals surface area contributed by atoms with Gasteiger partial charge in [0.1, 0.15) is 6.61 Å². The highest BCUT2D eigenvalue weighted by molar-refractivity contribution is 6.92. The molecular weight excluding hydrogens is 469 g/mol. The van der Waals surface area contributed by atoms with Crippen molar-refractivity contribution >= 4 is 45.7 Å². The number of hydrogen-bond donors (Lipinski definition) is 1. The molecule has 0 spiro atoms. The highest BCUT2D eigenvalue weighted by Gasteiger charge is 2.61. The minimum atomic E-state index is -3.86. The summed E-state index contributed by atoms with van der Waals surface area (Å²) in [6.45, 7) is 23.2. The van der Waals surface area contributed by atoms with Crippen molar-refractivity contribution in [3.05, 3.63) is 12.2 Å². The average Bonchev–Trinajstić information content (AvgIpc) is 2.52. The minimum absolute atomic E-state index is 0.129. The lowest BCUT2D eigenvalue weighted by molar-refractivity contribution is -0.147. The summed E-state index contributed by atoms with van der Waals surface area (Å²) in [5, 5.41) is 9.03. The number of rotatable bonds is 14. The Kier molecular flexibility index (Phi) is 11.8. The van der Waals surface area contributed by atoms with Crippen LogP contribution in [0.4, 0.5) is 0 Å². The largest absolute Gasteiger partial charge is 0.489 e. The van der Waals surface area contributed by atoms with Crippen LogP contribution in [-0.4, -0.2) is 70.6 Å². The Morgan fingerprint density at radius 2 is 1.23 bits per heavy atom. The van der Waals surface area contributed by atoms with Gasteiger partial charge in [-0.05, 0) is 65.3 Å². The van der Waals surface area contributed by atoms with E-state index in [4.69, 9.17) is 26.9 Å². The van der Waals surface area contributed by atoms with Crippen molar-refractivity contribution in [1.29, 1.82) is 0 Å². The number of ether oxygens (including phenoxy) is 2. The van der Waals surface area contributed by atoms with Gasteiger partial charge < -0.3 is 26.9 Å². The van der Waals surface area contributed by atoms with Crippen molar-refractivity contribution in [3.63, 3.8) is 0 Å². The first-order valence-electron chi connectivity index (χ1n) is 10.6. The number of aliphatic hydroxyl groups excluding tert-OH is 1. The van der Waals surface area contributed by atoms with E-state index in [0.717, 1.165) is 0 Å². The molecule has 0 aliphatic rings. The van der Waals surface area contributed by atoms with E-state index < -0.39 is 51.2 Å². The van der Waals surface area contributed by atoms with Gasteiger partial charge in [0.2, 0.25) is 0 Å². The number of aliphatic hydroxyl groups is 1. The van der Waals surface area contributed by atoms with Crippen molar-refractivity contribution in [1.82, 2.24) is 0 Å². The van der Waals surface area contributed by atoms with Gasteiger partial charge in [0.05, 0.1) is 13.2 Å². The van der Waals surface area contributed by atoms with Crippen LogP contribution in [0, 0.1) is 0 Å². The van der Waals surface area contributed by atoms with Gasteiger partial charge in [0.25, 0.3) is 0 Å². The molecule has 0 aliphatic heterocycles. The summed E-state index contributed by atoms with van der Waals surface area (Å²) >= 11 is 0. The molecule has 0 aromatic rings. The number of carbonyl (C=O) groups is 2. The molecule has 0 rings (SSSR count). The molecule has 0 bridgehead atoms. The van der Waals surface area contributed by atoms with Crippen LogP contribution in [0.15, 0.2) is 12.2 Å². The van der Waals surface area contributed by atoms with Gasteiger partial charge in [-0.25, -0.2) is 4.79 Å². The zero-order valence-corrected chi connectivity index (χ0v) is 24.9. The third-order valence-electron chi connectivity index (χ3n) is 3.32. The summed E-state index contributed by atoms with van der Waals surface area (Å²) in [6.07, 6.45) is 0.618. The van der Waals surface area contributed by atoms with Crippen molar-refractivity contribution in [3.8, 4) is 0 Å². The maximum atomic E-state index is 13.3. The summed E-state index contributed by atoms with van der Waals surface area (Å²) < 4.78 is 30.3. The van der Waals surface area contributed by atoms with E-state index in [1.807, 2.05) is 65.8 Å². The van der Waals surface area contributed by atoms with Crippen LogP contribution in [0.3, 0.4) is 0 Å². The average molecular weight is 511 g/mol. The van der Waals surface area contributed by atoms with Gasteiger partial charge in [0.15, 0.2) is 30.5 Å². The van der Waals surface area contributed by atoms with Crippen LogP contribution in [0.2, 0.25) is 64.5 Å². The molecule has 12 heteroatoms. The zero-order chi connectivity index (χ0) is 24.7. The third kappa shape index (κ3) is 11.7. The van der Waals surface area contributed by atoms with Crippen molar-refractivity contribution in [2.45, 2.75) is 77.8 Å². The lowest BCUT2D eigenvalue weighted by atomic mass is 10.2. The molecule has 0 saturated carbocycles. The maximum absolute atomic E-state index is 13.3. The lowest BCUT2D eigenvalue weighted by Crippen LogP contribution is -2.65.